The maximum Gasteiger partial charge on any atom is 0.331 e. The summed E-state index contributed by atoms with van der Waals surface area (Å²) in [6.07, 6.45) is 6.50. The van der Waals surface area contributed by atoms with Gasteiger partial charge in [-0.25, -0.2) is 9.78 Å². The zero-order chi connectivity index (χ0) is 24.5. The number of benzene rings is 1. The van der Waals surface area contributed by atoms with E-state index in [1.165, 1.54) is 17.4 Å². The van der Waals surface area contributed by atoms with E-state index in [9.17, 15) is 14.4 Å². The number of piperidine rings is 1. The number of hydrogen-bond acceptors (Lipinski definition) is 5. The molecule has 1 fully saturated rings. The topological polar surface area (TPSA) is 94.6 Å². The normalized spacial score (nSPS) is 17.3. The lowest BCUT2D eigenvalue weighted by Gasteiger charge is -2.32. The first-order valence-corrected chi connectivity index (χ1v) is 12.7. The summed E-state index contributed by atoms with van der Waals surface area (Å²) < 4.78 is 0. The summed E-state index contributed by atoms with van der Waals surface area (Å²) >= 11 is 1.26. The molecule has 0 radical (unpaired) electrons. The molecule has 0 saturated carbocycles. The second-order valence-electron chi connectivity index (χ2n) is 8.80. The predicted molar refractivity (Wildman–Crippen MR) is 138 cm³/mol. The van der Waals surface area contributed by atoms with Crippen molar-refractivity contribution in [3.8, 4) is 0 Å². The lowest BCUT2D eigenvalue weighted by Crippen LogP contribution is -2.49. The molecule has 0 spiro atoms. The Morgan fingerprint density at radius 1 is 1.34 bits per heavy atom. The molecule has 0 bridgehead atoms. The minimum atomic E-state index is -0.313. The zero-order valence-corrected chi connectivity index (χ0v) is 20.4. The Kier molecular flexibility index (Phi) is 6.25. The third-order valence-corrected chi connectivity index (χ3v) is 7.50. The van der Waals surface area contributed by atoms with E-state index >= 15 is 0 Å². The Morgan fingerprint density at radius 3 is 3.00 bits per heavy atom. The van der Waals surface area contributed by atoms with E-state index in [1.54, 1.807) is 16.0 Å². The van der Waals surface area contributed by atoms with E-state index in [4.69, 9.17) is 0 Å². The fourth-order valence-electron chi connectivity index (χ4n) is 4.82. The molecule has 2 aromatic heterocycles. The first-order chi connectivity index (χ1) is 17.0. The van der Waals surface area contributed by atoms with Crippen molar-refractivity contribution < 1.29 is 14.4 Å². The molecule has 35 heavy (non-hydrogen) atoms. The molecule has 3 aromatic rings. The van der Waals surface area contributed by atoms with Crippen LogP contribution >= 0.6 is 11.3 Å². The molecule has 4 heterocycles. The molecular formula is C26H27N5O3S. The number of urea groups is 1. The second kappa shape index (κ2) is 9.50. The van der Waals surface area contributed by atoms with Crippen LogP contribution in [-0.2, 0) is 11.2 Å². The number of rotatable bonds is 6. The standard InChI is InChI=1S/C26H27N5O3S/c1-3-7-16-8-5-10-18(14-16)31-19-11-12-27-25-21(19)22(29-26(31)34)23(35-25)24(33)28-17-9-6-13-30(15-17)20(32)4-2/h4-5,8,10-12,14,17H,2-3,6-7,9,13,15H2,1H3,(H,28,33)(H,29,34). The van der Waals surface area contributed by atoms with Crippen molar-refractivity contribution in [1.82, 2.24) is 15.2 Å². The van der Waals surface area contributed by atoms with Crippen LogP contribution in [0.15, 0.2) is 49.2 Å². The minimum Gasteiger partial charge on any atom is -0.347 e. The minimum absolute atomic E-state index is 0.134. The summed E-state index contributed by atoms with van der Waals surface area (Å²) in [6, 6.07) is 9.29. The highest BCUT2D eigenvalue weighted by molar-refractivity contribution is 7.21. The van der Waals surface area contributed by atoms with Crippen LogP contribution in [0.4, 0.5) is 21.9 Å². The molecule has 2 aliphatic heterocycles. The van der Waals surface area contributed by atoms with Gasteiger partial charge in [-0.1, -0.05) is 32.1 Å². The number of nitrogens with zero attached hydrogens (tertiary/aromatic N) is 3. The Morgan fingerprint density at radius 2 is 2.20 bits per heavy atom. The van der Waals surface area contributed by atoms with E-state index in [-0.39, 0.29) is 23.9 Å². The van der Waals surface area contributed by atoms with E-state index in [2.05, 4.69) is 35.2 Å². The van der Waals surface area contributed by atoms with Crippen LogP contribution in [0, 0.1) is 0 Å². The molecule has 5 rings (SSSR count). The number of aromatic nitrogens is 1. The average Bonchev–Trinajstić information content (AvgIpc) is 3.24. The summed E-state index contributed by atoms with van der Waals surface area (Å²) in [5.41, 5.74) is 3.14. The summed E-state index contributed by atoms with van der Waals surface area (Å²) in [6.45, 7) is 6.77. The van der Waals surface area contributed by atoms with Gasteiger partial charge < -0.3 is 15.5 Å². The van der Waals surface area contributed by atoms with E-state index < -0.39 is 0 Å². The highest BCUT2D eigenvalue weighted by atomic mass is 32.1. The van der Waals surface area contributed by atoms with Crippen LogP contribution in [0.2, 0.25) is 0 Å². The number of thiophene rings is 1. The molecule has 1 saturated heterocycles. The van der Waals surface area contributed by atoms with Crippen LogP contribution in [-0.4, -0.2) is 46.9 Å². The lowest BCUT2D eigenvalue weighted by molar-refractivity contribution is -0.127. The van der Waals surface area contributed by atoms with Gasteiger partial charge in [0, 0.05) is 25.3 Å². The van der Waals surface area contributed by atoms with Crippen LogP contribution in [0.3, 0.4) is 0 Å². The first kappa shape index (κ1) is 23.0. The van der Waals surface area contributed by atoms with Crippen LogP contribution in [0.5, 0.6) is 0 Å². The Bertz CT molecular complexity index is 1330. The molecule has 2 N–H and O–H groups in total. The summed E-state index contributed by atoms with van der Waals surface area (Å²) in [4.78, 5) is 47.5. The molecule has 1 aromatic carbocycles. The van der Waals surface area contributed by atoms with Crippen LogP contribution in [0.25, 0.3) is 10.2 Å². The van der Waals surface area contributed by atoms with Crippen molar-refractivity contribution in [3.05, 3.63) is 59.6 Å². The van der Waals surface area contributed by atoms with Gasteiger partial charge in [-0.15, -0.1) is 11.3 Å². The van der Waals surface area contributed by atoms with Gasteiger partial charge in [0.25, 0.3) is 5.91 Å². The lowest BCUT2D eigenvalue weighted by atomic mass is 10.1. The Hall–Kier alpha value is -3.72. The van der Waals surface area contributed by atoms with E-state index in [0.29, 0.717) is 34.2 Å². The Labute approximate surface area is 207 Å². The van der Waals surface area contributed by atoms with Crippen molar-refractivity contribution in [2.75, 3.05) is 23.3 Å². The number of anilines is 3. The molecule has 9 heteroatoms. The summed E-state index contributed by atoms with van der Waals surface area (Å²) in [5.74, 6) is -0.407. The number of pyridine rings is 1. The van der Waals surface area contributed by atoms with Crippen molar-refractivity contribution in [2.45, 2.75) is 38.6 Å². The summed E-state index contributed by atoms with van der Waals surface area (Å²) in [5, 5.41) is 6.76. The molecular weight excluding hydrogens is 462 g/mol. The smallest absolute Gasteiger partial charge is 0.331 e. The first-order valence-electron chi connectivity index (χ1n) is 11.8. The van der Waals surface area contributed by atoms with Gasteiger partial charge in [0.15, 0.2) is 0 Å². The highest BCUT2D eigenvalue weighted by Gasteiger charge is 2.33. The number of likely N-dealkylation sites (tertiary alicyclic amines) is 1. The van der Waals surface area contributed by atoms with Gasteiger partial charge in [0.05, 0.1) is 22.4 Å². The van der Waals surface area contributed by atoms with E-state index in [0.717, 1.165) is 42.3 Å². The number of nitrogens with one attached hydrogen (secondary N) is 2. The molecule has 0 aliphatic carbocycles. The fraction of sp³-hybridized carbons (Fsp3) is 0.308. The molecule has 2 aliphatic rings. The molecule has 8 nitrogen and oxygen atoms in total. The average molecular weight is 490 g/mol. The SMILES string of the molecule is C=CC(=O)N1CCCC(NC(=O)c2sc3nccc4c3c2NC(=O)N4c2cccc(CCC)c2)C1. The van der Waals surface area contributed by atoms with Crippen LogP contribution < -0.4 is 15.5 Å². The van der Waals surface area contributed by atoms with Gasteiger partial charge in [-0.3, -0.25) is 14.5 Å². The molecule has 1 unspecified atom stereocenters. The van der Waals surface area contributed by atoms with Crippen molar-refractivity contribution >= 4 is 56.5 Å². The predicted octanol–water partition coefficient (Wildman–Crippen LogP) is 4.84. The van der Waals surface area contributed by atoms with Gasteiger partial charge >= 0.3 is 6.03 Å². The van der Waals surface area contributed by atoms with Crippen molar-refractivity contribution in [2.24, 2.45) is 0 Å². The number of hydrogen-bond donors (Lipinski definition) is 2. The summed E-state index contributed by atoms with van der Waals surface area (Å²) in [7, 11) is 0. The maximum absolute atomic E-state index is 13.3. The number of carbonyl (C=O) groups is 3. The highest BCUT2D eigenvalue weighted by Crippen LogP contribution is 2.45. The van der Waals surface area contributed by atoms with Crippen molar-refractivity contribution in [3.63, 3.8) is 0 Å². The van der Waals surface area contributed by atoms with Gasteiger partial charge in [0.2, 0.25) is 5.91 Å². The van der Waals surface area contributed by atoms with Crippen LogP contribution in [0.1, 0.15) is 41.4 Å². The largest absolute Gasteiger partial charge is 0.347 e. The second-order valence-corrected chi connectivity index (χ2v) is 9.80. The monoisotopic (exact) mass is 489 g/mol. The maximum atomic E-state index is 13.3. The number of carbonyl (C=O) groups excluding carboxylic acids is 3. The van der Waals surface area contributed by atoms with Gasteiger partial charge in [-0.05, 0) is 49.1 Å². The van der Waals surface area contributed by atoms with E-state index in [1.807, 2.05) is 24.3 Å². The fourth-order valence-corrected chi connectivity index (χ4v) is 5.84. The molecule has 180 valence electrons. The quantitative estimate of drug-likeness (QED) is 0.485. The Balaban J connectivity index is 1.47. The van der Waals surface area contributed by atoms with Gasteiger partial charge in [0.1, 0.15) is 9.71 Å². The third-order valence-electron chi connectivity index (χ3n) is 6.40. The molecule has 4 amide bonds. The molecule has 1 atom stereocenters. The zero-order valence-electron chi connectivity index (χ0n) is 19.5. The van der Waals surface area contributed by atoms with Crippen molar-refractivity contribution in [1.29, 1.82) is 0 Å². The number of aryl methyl sites for hydroxylation is 1. The third kappa shape index (κ3) is 4.27. The van der Waals surface area contributed by atoms with Gasteiger partial charge in [-0.2, -0.15) is 0 Å². The number of amides is 4.